The Hall–Kier alpha value is -1.27. The second-order valence-electron chi connectivity index (χ2n) is 8.64. The first-order chi connectivity index (χ1) is 14.9. The van der Waals surface area contributed by atoms with Gasteiger partial charge in [0.05, 0.1) is 6.10 Å². The molecule has 0 aliphatic heterocycles. The molecule has 0 aromatic rings. The number of hydrogen-bond acceptors (Lipinski definition) is 5. The predicted octanol–water partition coefficient (Wildman–Crippen LogP) is 6.46. The Labute approximate surface area is 192 Å². The van der Waals surface area contributed by atoms with Gasteiger partial charge < -0.3 is 14.9 Å². The lowest BCUT2D eigenvalue weighted by Gasteiger charge is -2.15. The van der Waals surface area contributed by atoms with Gasteiger partial charge in [-0.3, -0.25) is 9.59 Å². The van der Waals surface area contributed by atoms with Gasteiger partial charge in [0.25, 0.3) is 0 Å². The first-order valence-corrected chi connectivity index (χ1v) is 13.0. The molecule has 0 unspecified atom stereocenters. The van der Waals surface area contributed by atoms with E-state index in [1.165, 1.54) is 12.8 Å². The Morgan fingerprint density at radius 2 is 1.94 bits per heavy atom. The molecule has 0 heterocycles. The number of allylic oxidation sites excluding steroid dienone is 3. The van der Waals surface area contributed by atoms with Crippen molar-refractivity contribution >= 4 is 23.7 Å². The van der Waals surface area contributed by atoms with Crippen LogP contribution in [0.15, 0.2) is 22.8 Å². The molecule has 0 spiro atoms. The van der Waals surface area contributed by atoms with Crippen molar-refractivity contribution in [2.75, 3.05) is 5.75 Å². The quantitative estimate of drug-likeness (QED) is 0.149. The topological polar surface area (TPSA) is 83.8 Å². The van der Waals surface area contributed by atoms with E-state index >= 15 is 0 Å². The first-order valence-electron chi connectivity index (χ1n) is 12.0. The van der Waals surface area contributed by atoms with Crippen LogP contribution < -0.4 is 0 Å². The number of aliphatic carboxylic acids is 1. The fraction of sp³-hybridized carbons (Fsp3) is 0.760. The number of aliphatic hydroxyl groups excluding tert-OH is 1. The van der Waals surface area contributed by atoms with Crippen LogP contribution in [0.25, 0.3) is 0 Å². The van der Waals surface area contributed by atoms with Gasteiger partial charge in [0.15, 0.2) is 0 Å². The number of esters is 1. The van der Waals surface area contributed by atoms with Gasteiger partial charge in [0, 0.05) is 30.1 Å². The molecule has 0 aromatic carbocycles. The molecule has 3 atom stereocenters. The lowest BCUT2D eigenvalue weighted by atomic mass is 9.96. The molecule has 5 nitrogen and oxygen atoms in total. The van der Waals surface area contributed by atoms with E-state index in [4.69, 9.17) is 9.84 Å². The molecule has 1 rings (SSSR count). The summed E-state index contributed by atoms with van der Waals surface area (Å²) in [5, 5.41) is 19.2. The average Bonchev–Trinajstić information content (AvgIpc) is 3.08. The number of thioether (sulfide) groups is 1. The smallest absolute Gasteiger partial charge is 0.310 e. The van der Waals surface area contributed by atoms with Crippen LogP contribution in [0.4, 0.5) is 0 Å². The molecular weight excluding hydrogens is 412 g/mol. The van der Waals surface area contributed by atoms with Crippen molar-refractivity contribution in [1.82, 2.24) is 0 Å². The van der Waals surface area contributed by atoms with Gasteiger partial charge in [-0.2, -0.15) is 0 Å². The summed E-state index contributed by atoms with van der Waals surface area (Å²) in [6.45, 7) is 6.34. The van der Waals surface area contributed by atoms with E-state index in [-0.39, 0.29) is 18.3 Å². The Balaban J connectivity index is 2.66. The highest BCUT2D eigenvalue weighted by Gasteiger charge is 2.27. The maximum Gasteiger partial charge on any atom is 0.310 e. The minimum Gasteiger partial charge on any atom is -0.481 e. The lowest BCUT2D eigenvalue weighted by Crippen LogP contribution is -2.09. The molecule has 178 valence electrons. The highest BCUT2D eigenvalue weighted by molar-refractivity contribution is 8.03. The second-order valence-corrected chi connectivity index (χ2v) is 9.78. The molecule has 1 aliphatic rings. The highest BCUT2D eigenvalue weighted by Crippen LogP contribution is 2.41. The predicted molar refractivity (Wildman–Crippen MR) is 128 cm³/mol. The molecule has 2 N–H and O–H groups in total. The van der Waals surface area contributed by atoms with E-state index < -0.39 is 12.1 Å². The zero-order valence-corrected chi connectivity index (χ0v) is 20.4. The van der Waals surface area contributed by atoms with Crippen molar-refractivity contribution in [2.45, 2.75) is 104 Å². The van der Waals surface area contributed by atoms with Crippen LogP contribution in [-0.4, -0.2) is 34.0 Å². The normalized spacial score (nSPS) is 18.5. The molecular formula is C25H42O5S. The summed E-state index contributed by atoms with van der Waals surface area (Å²) in [6, 6.07) is 0. The van der Waals surface area contributed by atoms with Crippen LogP contribution in [0.5, 0.6) is 0 Å². The fourth-order valence-corrected chi connectivity index (χ4v) is 5.06. The zero-order valence-electron chi connectivity index (χ0n) is 19.6. The van der Waals surface area contributed by atoms with Crippen LogP contribution in [0.3, 0.4) is 0 Å². The largest absolute Gasteiger partial charge is 0.481 e. The Morgan fingerprint density at radius 1 is 1.16 bits per heavy atom. The fourth-order valence-electron chi connectivity index (χ4n) is 3.77. The molecule has 1 aliphatic carbocycles. The number of aliphatic hydroxyl groups is 1. The Morgan fingerprint density at radius 3 is 2.61 bits per heavy atom. The number of carboxylic acids is 1. The summed E-state index contributed by atoms with van der Waals surface area (Å²) in [4.78, 5) is 23.8. The third-order valence-corrected chi connectivity index (χ3v) is 6.87. The van der Waals surface area contributed by atoms with Crippen molar-refractivity contribution in [3.8, 4) is 0 Å². The van der Waals surface area contributed by atoms with Gasteiger partial charge in [0.2, 0.25) is 0 Å². The molecule has 0 saturated carbocycles. The van der Waals surface area contributed by atoms with E-state index in [0.717, 1.165) is 61.4 Å². The minimum atomic E-state index is -0.746. The maximum absolute atomic E-state index is 12.0. The first kappa shape index (κ1) is 27.8. The average molecular weight is 455 g/mol. The van der Waals surface area contributed by atoms with E-state index in [1.807, 2.05) is 13.0 Å². The number of carboxylic acid groups (broad SMARTS) is 1. The molecule has 0 amide bonds. The number of unbranched alkanes of at least 4 members (excludes halogenated alkanes) is 3. The standard InChI is InChI=1S/C25H42O5S/c1-4-6-11-19(3)18-21(26)15-13-20-14-16-22(30-24(29)10-5-2)25(20)31-17-9-7-8-12-23(27)28/h13,15,19-21,26H,4-12,14,16-18H2,1-3H3,(H,27,28)/t19-,20-,21-/m1/s1. The number of hydrogen-bond donors (Lipinski definition) is 2. The summed E-state index contributed by atoms with van der Waals surface area (Å²) in [7, 11) is 0. The van der Waals surface area contributed by atoms with Crippen LogP contribution in [0, 0.1) is 11.8 Å². The summed E-state index contributed by atoms with van der Waals surface area (Å²) in [6.07, 6.45) is 13.4. The van der Waals surface area contributed by atoms with E-state index in [2.05, 4.69) is 19.9 Å². The van der Waals surface area contributed by atoms with Gasteiger partial charge in [-0.25, -0.2) is 0 Å². The lowest BCUT2D eigenvalue weighted by molar-refractivity contribution is -0.140. The van der Waals surface area contributed by atoms with E-state index in [9.17, 15) is 14.7 Å². The molecule has 0 saturated heterocycles. The number of ether oxygens (including phenoxy) is 1. The number of carbonyl (C=O) groups is 2. The van der Waals surface area contributed by atoms with Gasteiger partial charge in [0.1, 0.15) is 5.76 Å². The summed E-state index contributed by atoms with van der Waals surface area (Å²) in [5.74, 6) is 1.42. The SMILES string of the molecule is CCCC[C@@H](C)C[C@H](O)C=C[C@@H]1CCC(OC(=O)CCC)=C1SCCCCCC(=O)O. The van der Waals surface area contributed by atoms with Crippen molar-refractivity contribution in [3.05, 3.63) is 22.8 Å². The van der Waals surface area contributed by atoms with Crippen LogP contribution in [0.2, 0.25) is 0 Å². The zero-order chi connectivity index (χ0) is 23.1. The Bertz CT molecular complexity index is 599. The molecule has 31 heavy (non-hydrogen) atoms. The molecule has 0 fully saturated rings. The minimum absolute atomic E-state index is 0.175. The molecule has 6 heteroatoms. The summed E-state index contributed by atoms with van der Waals surface area (Å²) < 4.78 is 5.67. The number of carbonyl (C=O) groups excluding carboxylic acids is 1. The molecule has 0 bridgehead atoms. The maximum atomic E-state index is 12.0. The van der Waals surface area contributed by atoms with Crippen LogP contribution in [-0.2, 0) is 14.3 Å². The van der Waals surface area contributed by atoms with E-state index in [1.54, 1.807) is 11.8 Å². The monoisotopic (exact) mass is 454 g/mol. The summed E-state index contributed by atoms with van der Waals surface area (Å²) in [5.41, 5.74) is 0. The van der Waals surface area contributed by atoms with Crippen molar-refractivity contribution in [1.29, 1.82) is 0 Å². The molecule has 0 radical (unpaired) electrons. The number of rotatable bonds is 17. The van der Waals surface area contributed by atoms with Gasteiger partial charge in [-0.15, -0.1) is 11.8 Å². The summed E-state index contributed by atoms with van der Waals surface area (Å²) >= 11 is 1.72. The third kappa shape index (κ3) is 12.4. The second kappa shape index (κ2) is 16.4. The van der Waals surface area contributed by atoms with Crippen LogP contribution in [0.1, 0.15) is 97.8 Å². The van der Waals surface area contributed by atoms with Crippen molar-refractivity contribution < 1.29 is 24.5 Å². The van der Waals surface area contributed by atoms with Crippen LogP contribution >= 0.6 is 11.8 Å². The Kier molecular flexibility index (Phi) is 14.7. The third-order valence-electron chi connectivity index (χ3n) is 5.54. The van der Waals surface area contributed by atoms with Gasteiger partial charge in [-0.05, 0) is 43.8 Å². The van der Waals surface area contributed by atoms with Gasteiger partial charge >= 0.3 is 11.9 Å². The van der Waals surface area contributed by atoms with E-state index in [0.29, 0.717) is 18.8 Å². The van der Waals surface area contributed by atoms with Gasteiger partial charge in [-0.1, -0.05) is 58.6 Å². The molecule has 0 aromatic heterocycles. The highest BCUT2D eigenvalue weighted by atomic mass is 32.2. The van der Waals surface area contributed by atoms with Crippen molar-refractivity contribution in [2.24, 2.45) is 11.8 Å². The van der Waals surface area contributed by atoms with Crippen molar-refractivity contribution in [3.63, 3.8) is 0 Å².